The molecule has 0 aliphatic carbocycles. The van der Waals surface area contributed by atoms with E-state index in [2.05, 4.69) is 10.4 Å². The van der Waals surface area contributed by atoms with E-state index in [9.17, 15) is 5.11 Å². The smallest absolute Gasteiger partial charge is 0.123 e. The molecule has 0 bridgehead atoms. The molecule has 19 heavy (non-hydrogen) atoms. The molecule has 5 nitrogen and oxygen atoms in total. The van der Waals surface area contributed by atoms with Crippen molar-refractivity contribution in [3.63, 3.8) is 0 Å². The van der Waals surface area contributed by atoms with Gasteiger partial charge >= 0.3 is 0 Å². The van der Waals surface area contributed by atoms with E-state index in [1.165, 1.54) is 5.56 Å². The number of hydrogen-bond acceptors (Lipinski definition) is 4. The SMILES string of the molecule is COc1ccc(CNCCc2cnn(C)c2)c(O)c1. The Bertz CT molecular complexity index is 537. The number of aromatic nitrogens is 2. The fourth-order valence-corrected chi connectivity index (χ4v) is 1.88. The summed E-state index contributed by atoms with van der Waals surface area (Å²) >= 11 is 0. The largest absolute Gasteiger partial charge is 0.507 e. The first-order valence-electron chi connectivity index (χ1n) is 6.23. The van der Waals surface area contributed by atoms with Crippen LogP contribution in [-0.2, 0) is 20.0 Å². The molecule has 102 valence electrons. The van der Waals surface area contributed by atoms with Gasteiger partial charge in [0, 0.05) is 31.4 Å². The first-order chi connectivity index (χ1) is 9.19. The minimum Gasteiger partial charge on any atom is -0.507 e. The predicted molar refractivity (Wildman–Crippen MR) is 73.3 cm³/mol. The molecule has 0 saturated heterocycles. The van der Waals surface area contributed by atoms with Gasteiger partial charge in [-0.2, -0.15) is 5.10 Å². The van der Waals surface area contributed by atoms with Crippen LogP contribution in [0.25, 0.3) is 0 Å². The Hall–Kier alpha value is -2.01. The Morgan fingerprint density at radius 2 is 2.26 bits per heavy atom. The van der Waals surface area contributed by atoms with Crippen LogP contribution in [0.4, 0.5) is 0 Å². The van der Waals surface area contributed by atoms with Gasteiger partial charge in [-0.05, 0) is 24.6 Å². The van der Waals surface area contributed by atoms with E-state index in [4.69, 9.17) is 4.74 Å². The average molecular weight is 261 g/mol. The highest BCUT2D eigenvalue weighted by Gasteiger charge is 2.03. The van der Waals surface area contributed by atoms with E-state index in [1.54, 1.807) is 17.9 Å². The third kappa shape index (κ3) is 3.72. The maximum atomic E-state index is 9.81. The van der Waals surface area contributed by atoms with Crippen molar-refractivity contribution in [2.24, 2.45) is 7.05 Å². The second kappa shape index (κ2) is 6.24. The van der Waals surface area contributed by atoms with Crippen molar-refractivity contribution in [3.8, 4) is 11.5 Å². The summed E-state index contributed by atoms with van der Waals surface area (Å²) in [5.41, 5.74) is 2.07. The Morgan fingerprint density at radius 3 is 2.89 bits per heavy atom. The third-order valence-corrected chi connectivity index (χ3v) is 2.96. The first-order valence-corrected chi connectivity index (χ1v) is 6.23. The highest BCUT2D eigenvalue weighted by atomic mass is 16.5. The van der Waals surface area contributed by atoms with Crippen LogP contribution < -0.4 is 10.1 Å². The van der Waals surface area contributed by atoms with Crippen LogP contribution in [0.15, 0.2) is 30.6 Å². The number of ether oxygens (including phenoxy) is 1. The molecule has 2 rings (SSSR count). The summed E-state index contributed by atoms with van der Waals surface area (Å²) in [6.45, 7) is 1.48. The summed E-state index contributed by atoms with van der Waals surface area (Å²) in [6, 6.07) is 5.33. The molecule has 0 amide bonds. The van der Waals surface area contributed by atoms with Crippen LogP contribution in [0, 0.1) is 0 Å². The number of aromatic hydroxyl groups is 1. The number of nitrogens with one attached hydrogen (secondary N) is 1. The maximum Gasteiger partial charge on any atom is 0.123 e. The molecule has 2 aromatic rings. The van der Waals surface area contributed by atoms with Crippen LogP contribution in [0.5, 0.6) is 11.5 Å². The van der Waals surface area contributed by atoms with Gasteiger partial charge in [0.2, 0.25) is 0 Å². The maximum absolute atomic E-state index is 9.81. The Morgan fingerprint density at radius 1 is 1.42 bits per heavy atom. The molecule has 1 heterocycles. The fraction of sp³-hybridized carbons (Fsp3) is 0.357. The molecular weight excluding hydrogens is 242 g/mol. The van der Waals surface area contributed by atoms with Crippen LogP contribution >= 0.6 is 0 Å². The van der Waals surface area contributed by atoms with Crippen LogP contribution in [0.2, 0.25) is 0 Å². The van der Waals surface area contributed by atoms with Gasteiger partial charge in [0.15, 0.2) is 0 Å². The lowest BCUT2D eigenvalue weighted by atomic mass is 10.2. The summed E-state index contributed by atoms with van der Waals surface area (Å²) < 4.78 is 6.84. The number of phenols is 1. The fourth-order valence-electron chi connectivity index (χ4n) is 1.88. The zero-order chi connectivity index (χ0) is 13.7. The molecule has 2 N–H and O–H groups in total. The van der Waals surface area contributed by atoms with Gasteiger partial charge in [-0.25, -0.2) is 0 Å². The quantitative estimate of drug-likeness (QED) is 0.773. The van der Waals surface area contributed by atoms with Gasteiger partial charge in [-0.1, -0.05) is 6.07 Å². The van der Waals surface area contributed by atoms with Gasteiger partial charge in [0.1, 0.15) is 11.5 Å². The highest BCUT2D eigenvalue weighted by molar-refractivity contribution is 5.39. The predicted octanol–water partition coefficient (Wildman–Crippen LogP) is 1.47. The standard InChI is InChI=1S/C14H19N3O2/c1-17-10-11(8-16-17)5-6-15-9-12-3-4-13(19-2)7-14(12)18/h3-4,7-8,10,15,18H,5-6,9H2,1-2H3. The van der Waals surface area contributed by atoms with E-state index in [-0.39, 0.29) is 5.75 Å². The van der Waals surface area contributed by atoms with E-state index >= 15 is 0 Å². The summed E-state index contributed by atoms with van der Waals surface area (Å²) in [5, 5.41) is 17.2. The zero-order valence-corrected chi connectivity index (χ0v) is 11.3. The molecule has 5 heteroatoms. The monoisotopic (exact) mass is 261 g/mol. The van der Waals surface area contributed by atoms with Gasteiger partial charge in [-0.15, -0.1) is 0 Å². The lowest BCUT2D eigenvalue weighted by Crippen LogP contribution is -2.16. The second-order valence-electron chi connectivity index (χ2n) is 4.44. The number of aryl methyl sites for hydroxylation is 1. The Labute approximate surface area is 112 Å². The van der Waals surface area contributed by atoms with Crippen molar-refractivity contribution in [3.05, 3.63) is 41.7 Å². The highest BCUT2D eigenvalue weighted by Crippen LogP contribution is 2.22. The summed E-state index contributed by atoms with van der Waals surface area (Å²) in [4.78, 5) is 0. The van der Waals surface area contributed by atoms with E-state index in [0.29, 0.717) is 12.3 Å². The molecule has 0 atom stereocenters. The molecule has 0 radical (unpaired) electrons. The molecule has 0 saturated carbocycles. The third-order valence-electron chi connectivity index (χ3n) is 2.96. The zero-order valence-electron chi connectivity index (χ0n) is 11.3. The van der Waals surface area contributed by atoms with Gasteiger partial charge in [-0.3, -0.25) is 4.68 Å². The normalized spacial score (nSPS) is 10.6. The van der Waals surface area contributed by atoms with Crippen molar-refractivity contribution < 1.29 is 9.84 Å². The summed E-state index contributed by atoms with van der Waals surface area (Å²) in [7, 11) is 3.49. The van der Waals surface area contributed by atoms with E-state index in [0.717, 1.165) is 18.5 Å². The molecule has 0 aliphatic heterocycles. The van der Waals surface area contributed by atoms with Gasteiger partial charge in [0.25, 0.3) is 0 Å². The van der Waals surface area contributed by atoms with Crippen LogP contribution in [-0.4, -0.2) is 28.5 Å². The molecule has 0 aliphatic rings. The average Bonchev–Trinajstić information content (AvgIpc) is 2.82. The lowest BCUT2D eigenvalue weighted by Gasteiger charge is -2.08. The summed E-state index contributed by atoms with van der Waals surface area (Å²) in [6.07, 6.45) is 4.80. The van der Waals surface area contributed by atoms with Crippen molar-refractivity contribution in [1.82, 2.24) is 15.1 Å². The number of methoxy groups -OCH3 is 1. The van der Waals surface area contributed by atoms with Crippen molar-refractivity contribution in [2.45, 2.75) is 13.0 Å². The summed E-state index contributed by atoms with van der Waals surface area (Å²) in [5.74, 6) is 0.921. The molecule has 0 unspecified atom stereocenters. The number of hydrogen-bond donors (Lipinski definition) is 2. The molecule has 0 fully saturated rings. The molecule has 0 spiro atoms. The Balaban J connectivity index is 1.79. The number of benzene rings is 1. The van der Waals surface area contributed by atoms with Gasteiger partial charge in [0.05, 0.1) is 13.3 Å². The lowest BCUT2D eigenvalue weighted by molar-refractivity contribution is 0.406. The Kier molecular flexibility index (Phi) is 4.41. The first kappa shape index (κ1) is 13.4. The van der Waals surface area contributed by atoms with Crippen molar-refractivity contribution in [2.75, 3.05) is 13.7 Å². The van der Waals surface area contributed by atoms with Gasteiger partial charge < -0.3 is 15.2 Å². The van der Waals surface area contributed by atoms with Crippen LogP contribution in [0.1, 0.15) is 11.1 Å². The number of nitrogens with zero attached hydrogens (tertiary/aromatic N) is 2. The van der Waals surface area contributed by atoms with E-state index in [1.807, 2.05) is 31.6 Å². The number of phenolic OH excluding ortho intramolecular Hbond substituents is 1. The van der Waals surface area contributed by atoms with Crippen molar-refractivity contribution >= 4 is 0 Å². The minimum absolute atomic E-state index is 0.258. The van der Waals surface area contributed by atoms with Crippen molar-refractivity contribution in [1.29, 1.82) is 0 Å². The topological polar surface area (TPSA) is 59.3 Å². The molecule has 1 aromatic carbocycles. The minimum atomic E-state index is 0.258. The second-order valence-corrected chi connectivity index (χ2v) is 4.44. The van der Waals surface area contributed by atoms with E-state index < -0.39 is 0 Å². The number of rotatable bonds is 6. The van der Waals surface area contributed by atoms with Crippen LogP contribution in [0.3, 0.4) is 0 Å². The molecular formula is C14H19N3O2. The molecule has 1 aromatic heterocycles.